The summed E-state index contributed by atoms with van der Waals surface area (Å²) in [5, 5.41) is 11.8. The molecule has 3 aromatic carbocycles. The molecule has 0 radical (unpaired) electrons. The topological polar surface area (TPSA) is 132 Å². The fourth-order valence-electron chi connectivity index (χ4n) is 5.85. The lowest BCUT2D eigenvalue weighted by molar-refractivity contribution is -0.0544. The molecule has 16 heteroatoms. The molecule has 266 valence electrons. The number of halogens is 4. The Labute approximate surface area is 291 Å². The van der Waals surface area contributed by atoms with E-state index in [2.05, 4.69) is 20.3 Å². The first-order chi connectivity index (χ1) is 24.8. The third-order valence-corrected chi connectivity index (χ3v) is 8.00. The summed E-state index contributed by atoms with van der Waals surface area (Å²) in [5.74, 6) is -3.02. The number of alkyl halides is 2. The average Bonchev–Trinajstić information content (AvgIpc) is 3.82. The first-order valence-electron chi connectivity index (χ1n) is 15.8. The summed E-state index contributed by atoms with van der Waals surface area (Å²) in [4.78, 5) is 39.3. The SMILES string of the molecule is CC(C)(C)OC(=O)n1cc(-c2c(Oc3ccc(NC(=O)c4ccc(OC(F)F)n(-c5ccc(F)cc5)c4=O)cc3F)cc3c4c2cnn4CC3)cn1. The molecule has 1 amide bonds. The fourth-order valence-corrected chi connectivity index (χ4v) is 5.85. The minimum Gasteiger partial charge on any atom is -0.454 e. The van der Waals surface area contributed by atoms with Crippen molar-refractivity contribution in [2.24, 2.45) is 0 Å². The molecule has 0 fully saturated rings. The molecule has 0 atom stereocenters. The second-order valence-corrected chi connectivity index (χ2v) is 12.7. The standard InChI is InChI=1S/C36H28F4N6O6/c1-36(2,3)52-35(49)45-18-20(16-41-45)30-25-17-42-44-13-12-19(31(25)44)14-28(30)50-27-10-6-22(15-26(27)38)43-32(47)24-9-11-29(51-34(39)40)46(33(24)48)23-7-4-21(37)5-8-23/h4-11,14-18,34H,12-13H2,1-3H3,(H,43,47). The van der Waals surface area contributed by atoms with Gasteiger partial charge < -0.3 is 19.5 Å². The highest BCUT2D eigenvalue weighted by Gasteiger charge is 2.26. The number of carbonyl (C=O) groups is 2. The van der Waals surface area contributed by atoms with Gasteiger partial charge >= 0.3 is 12.7 Å². The third kappa shape index (κ3) is 6.57. The Kier molecular flexibility index (Phi) is 8.52. The van der Waals surface area contributed by atoms with Gasteiger partial charge in [-0.2, -0.15) is 23.7 Å². The Balaban J connectivity index is 1.18. The van der Waals surface area contributed by atoms with E-state index in [0.29, 0.717) is 34.0 Å². The molecule has 52 heavy (non-hydrogen) atoms. The minimum atomic E-state index is -3.29. The molecule has 1 aliphatic heterocycles. The van der Waals surface area contributed by atoms with Gasteiger partial charge in [0.05, 0.1) is 23.6 Å². The molecule has 1 N–H and O–H groups in total. The number of hydrogen-bond donors (Lipinski definition) is 1. The molecule has 3 aromatic heterocycles. The molecule has 12 nitrogen and oxygen atoms in total. The van der Waals surface area contributed by atoms with Crippen LogP contribution in [0.3, 0.4) is 0 Å². The number of hydrogen-bond acceptors (Lipinski definition) is 8. The van der Waals surface area contributed by atoms with Crippen LogP contribution in [0.5, 0.6) is 17.4 Å². The molecule has 6 aromatic rings. The summed E-state index contributed by atoms with van der Waals surface area (Å²) in [6.07, 6.45) is 4.58. The lowest BCUT2D eigenvalue weighted by atomic mass is 10.00. The normalized spacial score (nSPS) is 12.4. The zero-order valence-electron chi connectivity index (χ0n) is 27.7. The van der Waals surface area contributed by atoms with Gasteiger partial charge in [-0.25, -0.2) is 18.1 Å². The zero-order chi connectivity index (χ0) is 36.9. The molecule has 7 rings (SSSR count). The van der Waals surface area contributed by atoms with Gasteiger partial charge in [-0.05, 0) is 81.3 Å². The van der Waals surface area contributed by atoms with Gasteiger partial charge in [0.1, 0.15) is 22.7 Å². The molecule has 0 aliphatic carbocycles. The number of aromatic nitrogens is 5. The van der Waals surface area contributed by atoms with Crippen molar-refractivity contribution in [2.75, 3.05) is 5.32 Å². The van der Waals surface area contributed by atoms with Gasteiger partial charge in [-0.15, -0.1) is 0 Å². The maximum atomic E-state index is 15.7. The number of benzene rings is 3. The van der Waals surface area contributed by atoms with Crippen LogP contribution in [0.4, 0.5) is 28.0 Å². The number of aryl methyl sites for hydroxylation is 2. The Morgan fingerprint density at radius 2 is 1.71 bits per heavy atom. The smallest absolute Gasteiger partial charge is 0.435 e. The zero-order valence-corrected chi connectivity index (χ0v) is 27.7. The lowest BCUT2D eigenvalue weighted by Gasteiger charge is -2.18. The van der Waals surface area contributed by atoms with Crippen molar-refractivity contribution in [3.8, 4) is 34.2 Å². The van der Waals surface area contributed by atoms with E-state index in [9.17, 15) is 27.6 Å². The summed E-state index contributed by atoms with van der Waals surface area (Å²) in [6.45, 7) is 2.54. The van der Waals surface area contributed by atoms with Crippen molar-refractivity contribution < 1.29 is 41.4 Å². The molecule has 0 saturated heterocycles. The first kappa shape index (κ1) is 34.0. The van der Waals surface area contributed by atoms with Gasteiger partial charge in [-0.1, -0.05) is 0 Å². The van der Waals surface area contributed by atoms with E-state index in [1.165, 1.54) is 24.5 Å². The van der Waals surface area contributed by atoms with Crippen LogP contribution in [-0.4, -0.2) is 48.3 Å². The average molecular weight is 717 g/mol. The van der Waals surface area contributed by atoms with E-state index in [-0.39, 0.29) is 22.9 Å². The van der Waals surface area contributed by atoms with Crippen LogP contribution in [0.15, 0.2) is 84.0 Å². The van der Waals surface area contributed by atoms with Crippen molar-refractivity contribution in [2.45, 2.75) is 45.9 Å². The largest absolute Gasteiger partial charge is 0.454 e. The maximum Gasteiger partial charge on any atom is 0.435 e. The molecule has 0 spiro atoms. The van der Waals surface area contributed by atoms with Crippen molar-refractivity contribution in [3.05, 3.63) is 112 Å². The van der Waals surface area contributed by atoms with E-state index >= 15 is 4.39 Å². The Morgan fingerprint density at radius 1 is 0.942 bits per heavy atom. The van der Waals surface area contributed by atoms with E-state index in [0.717, 1.165) is 58.2 Å². The number of nitrogens with zero attached hydrogens (tertiary/aromatic N) is 5. The minimum absolute atomic E-state index is 0.0372. The molecule has 0 bridgehead atoms. The Hall–Kier alpha value is -6.45. The molecular formula is C36H28F4N6O6. The number of amides is 1. The number of carbonyl (C=O) groups excluding carboxylic acids is 2. The van der Waals surface area contributed by atoms with Crippen LogP contribution >= 0.6 is 0 Å². The van der Waals surface area contributed by atoms with Gasteiger partial charge in [0.2, 0.25) is 5.88 Å². The summed E-state index contributed by atoms with van der Waals surface area (Å²) in [6, 6.07) is 11.7. The molecular weight excluding hydrogens is 688 g/mol. The van der Waals surface area contributed by atoms with Crippen molar-refractivity contribution in [1.82, 2.24) is 24.1 Å². The molecule has 4 heterocycles. The van der Waals surface area contributed by atoms with Crippen LogP contribution in [0.2, 0.25) is 0 Å². The molecule has 0 unspecified atom stereocenters. The third-order valence-electron chi connectivity index (χ3n) is 8.00. The number of ether oxygens (including phenoxy) is 3. The van der Waals surface area contributed by atoms with Crippen molar-refractivity contribution in [1.29, 1.82) is 0 Å². The predicted molar refractivity (Wildman–Crippen MR) is 179 cm³/mol. The van der Waals surface area contributed by atoms with Crippen molar-refractivity contribution in [3.63, 3.8) is 0 Å². The number of anilines is 1. The van der Waals surface area contributed by atoms with Gasteiger partial charge in [0.25, 0.3) is 11.5 Å². The monoisotopic (exact) mass is 716 g/mol. The van der Waals surface area contributed by atoms with Gasteiger partial charge in [-0.3, -0.25) is 14.3 Å². The predicted octanol–water partition coefficient (Wildman–Crippen LogP) is 7.31. The highest BCUT2D eigenvalue weighted by atomic mass is 19.3. The van der Waals surface area contributed by atoms with Crippen LogP contribution in [0.1, 0.15) is 36.7 Å². The quantitative estimate of drug-likeness (QED) is 0.162. The van der Waals surface area contributed by atoms with Crippen LogP contribution in [0.25, 0.3) is 27.7 Å². The number of pyridine rings is 1. The van der Waals surface area contributed by atoms with E-state index in [1.807, 2.05) is 4.68 Å². The Bertz CT molecular complexity index is 2430. The molecule has 0 saturated carbocycles. The summed E-state index contributed by atoms with van der Waals surface area (Å²) in [5.41, 5.74) is 0.412. The fraction of sp³-hybridized carbons (Fsp3) is 0.194. The second kappa shape index (κ2) is 13.0. The Morgan fingerprint density at radius 3 is 2.42 bits per heavy atom. The van der Waals surface area contributed by atoms with Crippen molar-refractivity contribution >= 4 is 28.6 Å². The van der Waals surface area contributed by atoms with Gasteiger partial charge in [0, 0.05) is 47.1 Å². The van der Waals surface area contributed by atoms with Crippen LogP contribution < -0.4 is 20.3 Å². The number of nitrogens with one attached hydrogen (secondary N) is 1. The summed E-state index contributed by atoms with van der Waals surface area (Å²) >= 11 is 0. The second-order valence-electron chi connectivity index (χ2n) is 12.7. The maximum absolute atomic E-state index is 15.7. The summed E-state index contributed by atoms with van der Waals surface area (Å²) < 4.78 is 75.0. The highest BCUT2D eigenvalue weighted by Crippen LogP contribution is 2.43. The van der Waals surface area contributed by atoms with E-state index < -0.39 is 52.9 Å². The first-order valence-corrected chi connectivity index (χ1v) is 15.8. The van der Waals surface area contributed by atoms with Crippen LogP contribution in [-0.2, 0) is 17.7 Å². The van der Waals surface area contributed by atoms with Crippen LogP contribution in [0, 0.1) is 11.6 Å². The summed E-state index contributed by atoms with van der Waals surface area (Å²) in [7, 11) is 0. The van der Waals surface area contributed by atoms with Gasteiger partial charge in [0.15, 0.2) is 11.6 Å². The van der Waals surface area contributed by atoms with E-state index in [1.54, 1.807) is 33.0 Å². The van der Waals surface area contributed by atoms with E-state index in [4.69, 9.17) is 9.47 Å². The molecule has 1 aliphatic rings. The number of rotatable bonds is 8. The highest BCUT2D eigenvalue weighted by molar-refractivity contribution is 6.04. The lowest BCUT2D eigenvalue weighted by Crippen LogP contribution is -2.29.